The Labute approximate surface area is 193 Å². The molecule has 0 aliphatic carbocycles. The molecule has 1 aromatic carbocycles. The summed E-state index contributed by atoms with van der Waals surface area (Å²) in [5.74, 6) is -2.56. The third kappa shape index (κ3) is 6.01. The van der Waals surface area contributed by atoms with E-state index in [1.54, 1.807) is 24.4 Å². The van der Waals surface area contributed by atoms with Crippen LogP contribution < -0.4 is 5.10 Å². The van der Waals surface area contributed by atoms with E-state index in [1.807, 2.05) is 13.0 Å². The first-order chi connectivity index (χ1) is 14.7. The molecule has 0 amide bonds. The SMILES string of the molecule is Cc1ccnc(-c2[c-]cc(F)c(C)c2F)c1.FC(F)(F)c1n[n-]c(-c2ccccn2)n1.[Ir]. The molecule has 3 heterocycles. The molecule has 0 saturated carbocycles. The van der Waals surface area contributed by atoms with Crippen LogP contribution in [-0.2, 0) is 26.3 Å². The van der Waals surface area contributed by atoms with Crippen LogP contribution in [0, 0.1) is 31.5 Å². The van der Waals surface area contributed by atoms with Crippen molar-refractivity contribution in [2.75, 3.05) is 0 Å². The van der Waals surface area contributed by atoms with Crippen LogP contribution in [0.2, 0.25) is 0 Å². The maximum atomic E-state index is 13.8. The van der Waals surface area contributed by atoms with Gasteiger partial charge in [-0.25, -0.2) is 0 Å². The third-order valence-corrected chi connectivity index (χ3v) is 4.02. The van der Waals surface area contributed by atoms with Crippen molar-refractivity contribution in [1.82, 2.24) is 25.1 Å². The molecule has 3 aromatic heterocycles. The Hall–Kier alpha value is -3.04. The molecule has 1 radical (unpaired) electrons. The summed E-state index contributed by atoms with van der Waals surface area (Å²) in [5, 5.41) is 6.25. The zero-order valence-electron chi connectivity index (χ0n) is 16.6. The van der Waals surface area contributed by atoms with Gasteiger partial charge in [0.2, 0.25) is 0 Å². The minimum absolute atomic E-state index is 0. The number of hydrogen-bond acceptors (Lipinski definition) is 4. The number of rotatable bonds is 2. The van der Waals surface area contributed by atoms with Gasteiger partial charge in [-0.05, 0) is 36.6 Å². The minimum Gasteiger partial charge on any atom is -0.413 e. The van der Waals surface area contributed by atoms with Crippen LogP contribution in [0.5, 0.6) is 0 Å². The van der Waals surface area contributed by atoms with E-state index in [4.69, 9.17) is 0 Å². The van der Waals surface area contributed by atoms with Gasteiger partial charge in [0.1, 0.15) is 5.82 Å². The van der Waals surface area contributed by atoms with Crippen molar-refractivity contribution in [2.45, 2.75) is 20.0 Å². The van der Waals surface area contributed by atoms with Gasteiger partial charge in [-0.15, -0.1) is 12.1 Å². The Balaban J connectivity index is 0.000000220. The Kier molecular flexibility index (Phi) is 8.29. The molecule has 0 spiro atoms. The Morgan fingerprint density at radius 1 is 0.969 bits per heavy atom. The first-order valence-electron chi connectivity index (χ1n) is 8.82. The quantitative estimate of drug-likeness (QED) is 0.234. The van der Waals surface area contributed by atoms with Crippen LogP contribution in [0.4, 0.5) is 22.0 Å². The second kappa shape index (κ2) is 10.5. The first kappa shape index (κ1) is 25.2. The van der Waals surface area contributed by atoms with E-state index in [0.717, 1.165) is 11.6 Å². The second-order valence-electron chi connectivity index (χ2n) is 6.34. The number of hydrogen-bond donors (Lipinski definition) is 0. The average Bonchev–Trinajstić information content (AvgIpc) is 3.24. The standard InChI is InChI=1S/C13H10F2N.C8H4F3N4.Ir/c1-8-5-6-16-12(7-8)10-3-4-11(14)9(2)13(10)15;9-8(10,11)7-13-6(14-15-7)5-3-1-2-4-12-5;/h4-7H,1-2H3;1-4H;/q2*-1;. The molecule has 5 nitrogen and oxygen atoms in total. The molecule has 0 aliphatic heterocycles. The molecule has 0 fully saturated rings. The van der Waals surface area contributed by atoms with Crippen molar-refractivity contribution in [1.29, 1.82) is 0 Å². The summed E-state index contributed by atoms with van der Waals surface area (Å²) >= 11 is 0. The van der Waals surface area contributed by atoms with E-state index in [9.17, 15) is 22.0 Å². The summed E-state index contributed by atoms with van der Waals surface area (Å²) in [5.41, 5.74) is 1.92. The molecule has 0 bridgehead atoms. The zero-order chi connectivity index (χ0) is 22.6. The Morgan fingerprint density at radius 2 is 1.69 bits per heavy atom. The number of aromatic nitrogens is 5. The van der Waals surface area contributed by atoms with E-state index >= 15 is 0 Å². The fourth-order valence-corrected chi connectivity index (χ4v) is 2.42. The van der Waals surface area contributed by atoms with Gasteiger partial charge in [-0.2, -0.15) is 13.2 Å². The Bertz CT molecular complexity index is 1180. The number of pyridine rings is 2. The molecule has 169 valence electrons. The molecule has 0 atom stereocenters. The molecule has 4 rings (SSSR count). The van der Waals surface area contributed by atoms with Crippen LogP contribution >= 0.6 is 0 Å². The molecule has 11 heteroatoms. The van der Waals surface area contributed by atoms with E-state index in [2.05, 4.69) is 31.2 Å². The molecule has 0 saturated heterocycles. The van der Waals surface area contributed by atoms with Gasteiger partial charge in [0.25, 0.3) is 0 Å². The summed E-state index contributed by atoms with van der Waals surface area (Å²) in [4.78, 5) is 11.1. The maximum Gasteiger partial charge on any atom is 0.429 e. The number of benzene rings is 1. The number of nitrogens with zero attached hydrogens (tertiary/aromatic N) is 5. The fourth-order valence-electron chi connectivity index (χ4n) is 2.42. The summed E-state index contributed by atoms with van der Waals surface area (Å²) < 4.78 is 63.2. The molecule has 0 aliphatic rings. The van der Waals surface area contributed by atoms with Gasteiger partial charge in [-0.1, -0.05) is 35.7 Å². The molecule has 0 unspecified atom stereocenters. The van der Waals surface area contributed by atoms with Crippen LogP contribution in [0.15, 0.2) is 48.8 Å². The predicted molar refractivity (Wildman–Crippen MR) is 101 cm³/mol. The van der Waals surface area contributed by atoms with Crippen LogP contribution in [-0.4, -0.2) is 20.1 Å². The van der Waals surface area contributed by atoms with Crippen molar-refractivity contribution in [3.63, 3.8) is 0 Å². The fraction of sp³-hybridized carbons (Fsp3) is 0.143. The van der Waals surface area contributed by atoms with Crippen molar-refractivity contribution in [3.8, 4) is 22.8 Å². The molecule has 0 N–H and O–H groups in total. The van der Waals surface area contributed by atoms with Crippen LogP contribution in [0.1, 0.15) is 17.0 Å². The summed E-state index contributed by atoms with van der Waals surface area (Å²) in [6, 6.07) is 12.1. The molecular weight excluding hydrogens is 609 g/mol. The summed E-state index contributed by atoms with van der Waals surface area (Å²) in [7, 11) is 0. The Morgan fingerprint density at radius 3 is 2.28 bits per heavy atom. The number of halogens is 5. The molecular formula is C21H14F5IrN5-2. The van der Waals surface area contributed by atoms with Gasteiger partial charge >= 0.3 is 6.18 Å². The average molecular weight is 624 g/mol. The van der Waals surface area contributed by atoms with Gasteiger partial charge in [0, 0.05) is 44.1 Å². The smallest absolute Gasteiger partial charge is 0.413 e. The van der Waals surface area contributed by atoms with E-state index < -0.39 is 23.6 Å². The van der Waals surface area contributed by atoms with E-state index in [1.165, 1.54) is 19.2 Å². The van der Waals surface area contributed by atoms with E-state index in [0.29, 0.717) is 5.69 Å². The summed E-state index contributed by atoms with van der Waals surface area (Å²) in [6.07, 6.45) is -1.53. The number of aryl methyl sites for hydroxylation is 1. The van der Waals surface area contributed by atoms with Crippen molar-refractivity contribution in [2.24, 2.45) is 0 Å². The zero-order valence-corrected chi connectivity index (χ0v) is 19.0. The van der Waals surface area contributed by atoms with Crippen LogP contribution in [0.3, 0.4) is 0 Å². The predicted octanol–water partition coefficient (Wildman–Crippen LogP) is 4.96. The monoisotopic (exact) mass is 624 g/mol. The van der Waals surface area contributed by atoms with Gasteiger partial charge < -0.3 is 15.1 Å². The molecule has 32 heavy (non-hydrogen) atoms. The first-order valence-corrected chi connectivity index (χ1v) is 8.82. The van der Waals surface area contributed by atoms with Crippen molar-refractivity contribution < 1.29 is 42.1 Å². The normalized spacial score (nSPS) is 10.7. The third-order valence-electron chi connectivity index (χ3n) is 4.02. The largest absolute Gasteiger partial charge is 0.429 e. The van der Waals surface area contributed by atoms with E-state index in [-0.39, 0.29) is 42.8 Å². The van der Waals surface area contributed by atoms with Gasteiger partial charge in [-0.3, -0.25) is 18.9 Å². The van der Waals surface area contributed by atoms with Gasteiger partial charge in [0.15, 0.2) is 0 Å². The second-order valence-corrected chi connectivity index (χ2v) is 6.34. The van der Waals surface area contributed by atoms with Crippen molar-refractivity contribution >= 4 is 0 Å². The topological polar surface area (TPSA) is 65.7 Å². The number of alkyl halides is 3. The van der Waals surface area contributed by atoms with Gasteiger partial charge in [0.05, 0.1) is 5.69 Å². The van der Waals surface area contributed by atoms with Crippen LogP contribution in [0.25, 0.3) is 22.8 Å². The maximum absolute atomic E-state index is 13.8. The molecule has 4 aromatic rings. The minimum atomic E-state index is -4.57. The summed E-state index contributed by atoms with van der Waals surface area (Å²) in [6.45, 7) is 3.29. The van der Waals surface area contributed by atoms with Crippen molar-refractivity contribution in [3.05, 3.63) is 83.4 Å².